The van der Waals surface area contributed by atoms with Crippen LogP contribution in [0, 0.1) is 0 Å². The van der Waals surface area contributed by atoms with Gasteiger partial charge >= 0.3 is 5.97 Å². The van der Waals surface area contributed by atoms with E-state index in [1.807, 2.05) is 12.1 Å². The molecule has 0 fully saturated rings. The molecule has 2 N–H and O–H groups in total. The van der Waals surface area contributed by atoms with Crippen molar-refractivity contribution in [2.45, 2.75) is 25.3 Å². The third kappa shape index (κ3) is 3.61. The molecule has 1 aromatic rings. The normalized spacial score (nSPS) is 14.3. The number of carbonyl (C=O) groups is 1. The van der Waals surface area contributed by atoms with Crippen molar-refractivity contribution in [1.29, 1.82) is 0 Å². The molecule has 0 spiro atoms. The Bertz CT molecular complexity index is 478. The summed E-state index contributed by atoms with van der Waals surface area (Å²) in [7, 11) is 1.38. The number of esters is 1. The van der Waals surface area contributed by atoms with E-state index in [-0.39, 0.29) is 18.8 Å². The predicted molar refractivity (Wildman–Crippen MR) is 73.2 cm³/mol. The molecule has 1 unspecified atom stereocenters. The van der Waals surface area contributed by atoms with Crippen LogP contribution in [0.2, 0.25) is 0 Å². The van der Waals surface area contributed by atoms with Crippen LogP contribution in [0.3, 0.4) is 0 Å². The Hall–Kier alpha value is -1.27. The summed E-state index contributed by atoms with van der Waals surface area (Å²) in [6, 6.07) is 3.79. The Morgan fingerprint density at radius 3 is 3.05 bits per heavy atom. The average molecular weight is 330 g/mol. The molecule has 0 aromatic heterocycles. The monoisotopic (exact) mass is 329 g/mol. The number of halogens is 1. The number of benzene rings is 1. The molecule has 0 radical (unpaired) electrons. The number of nitrogens with two attached hydrogens (primary N) is 1. The minimum absolute atomic E-state index is 0.0913. The maximum Gasteiger partial charge on any atom is 0.305 e. The van der Waals surface area contributed by atoms with E-state index in [2.05, 4.69) is 20.7 Å². The lowest BCUT2D eigenvalue weighted by Crippen LogP contribution is -2.24. The fourth-order valence-corrected chi connectivity index (χ4v) is 2.55. The van der Waals surface area contributed by atoms with E-state index in [9.17, 15) is 4.79 Å². The second kappa shape index (κ2) is 6.25. The molecule has 0 saturated heterocycles. The molecule has 0 amide bonds. The van der Waals surface area contributed by atoms with Gasteiger partial charge in [-0.15, -0.1) is 0 Å². The second-order valence-electron chi connectivity index (χ2n) is 4.39. The first-order chi connectivity index (χ1) is 9.10. The fraction of sp³-hybridized carbons (Fsp3) is 0.462. The molecule has 0 saturated carbocycles. The number of hydrogen-bond acceptors (Lipinski definition) is 5. The quantitative estimate of drug-likeness (QED) is 0.836. The van der Waals surface area contributed by atoms with Gasteiger partial charge in [-0.3, -0.25) is 4.79 Å². The first-order valence-corrected chi connectivity index (χ1v) is 6.80. The van der Waals surface area contributed by atoms with Crippen molar-refractivity contribution in [1.82, 2.24) is 0 Å². The van der Waals surface area contributed by atoms with Crippen LogP contribution in [0.1, 0.15) is 18.4 Å². The van der Waals surface area contributed by atoms with Crippen LogP contribution in [-0.2, 0) is 16.0 Å². The number of ether oxygens (including phenoxy) is 3. The van der Waals surface area contributed by atoms with E-state index in [4.69, 9.17) is 15.2 Å². The number of hydrogen-bond donors (Lipinski definition) is 1. The molecule has 19 heavy (non-hydrogen) atoms. The van der Waals surface area contributed by atoms with Gasteiger partial charge in [0.25, 0.3) is 0 Å². The highest BCUT2D eigenvalue weighted by molar-refractivity contribution is 9.10. The van der Waals surface area contributed by atoms with Gasteiger partial charge in [-0.1, -0.05) is 0 Å². The standard InChI is InChI=1S/C13H16BrNO4/c1-17-12(16)3-2-9(15)4-8-5-10(14)13-11(6-8)18-7-19-13/h5-6,9H,2-4,7,15H2,1H3. The SMILES string of the molecule is COC(=O)CCC(N)Cc1cc(Br)c2c(c1)OCO2. The zero-order valence-corrected chi connectivity index (χ0v) is 12.2. The number of rotatable bonds is 5. The molecule has 6 heteroatoms. The minimum Gasteiger partial charge on any atom is -0.469 e. The molecular weight excluding hydrogens is 314 g/mol. The molecule has 0 aliphatic carbocycles. The van der Waals surface area contributed by atoms with Gasteiger partial charge in [0.05, 0.1) is 11.6 Å². The topological polar surface area (TPSA) is 70.8 Å². The Morgan fingerprint density at radius 2 is 2.32 bits per heavy atom. The number of fused-ring (bicyclic) bond motifs is 1. The largest absolute Gasteiger partial charge is 0.469 e. The van der Waals surface area contributed by atoms with Crippen LogP contribution in [0.15, 0.2) is 16.6 Å². The summed E-state index contributed by atoms with van der Waals surface area (Å²) in [5.41, 5.74) is 7.06. The lowest BCUT2D eigenvalue weighted by atomic mass is 10.0. The summed E-state index contributed by atoms with van der Waals surface area (Å²) in [6.45, 7) is 0.242. The molecule has 5 nitrogen and oxygen atoms in total. The van der Waals surface area contributed by atoms with E-state index < -0.39 is 0 Å². The van der Waals surface area contributed by atoms with Crippen LogP contribution in [0.25, 0.3) is 0 Å². The van der Waals surface area contributed by atoms with E-state index in [1.54, 1.807) is 0 Å². The molecule has 0 bridgehead atoms. The third-order valence-corrected chi connectivity index (χ3v) is 3.52. The highest BCUT2D eigenvalue weighted by Gasteiger charge is 2.19. The van der Waals surface area contributed by atoms with Gasteiger partial charge in [-0.05, 0) is 46.5 Å². The molecule has 2 rings (SSSR count). The van der Waals surface area contributed by atoms with Crippen LogP contribution < -0.4 is 15.2 Å². The fourth-order valence-electron chi connectivity index (χ4n) is 1.95. The number of carbonyl (C=O) groups excluding carboxylic acids is 1. The Kier molecular flexibility index (Phi) is 4.66. The summed E-state index contributed by atoms with van der Waals surface area (Å²) >= 11 is 3.44. The summed E-state index contributed by atoms with van der Waals surface area (Å²) in [5, 5.41) is 0. The summed E-state index contributed by atoms with van der Waals surface area (Å²) in [4.78, 5) is 11.1. The average Bonchev–Trinajstić information content (AvgIpc) is 2.84. The van der Waals surface area contributed by atoms with Gasteiger partial charge in [0.1, 0.15) is 0 Å². The van der Waals surface area contributed by atoms with Gasteiger partial charge in [-0.2, -0.15) is 0 Å². The maximum atomic E-state index is 11.1. The van der Waals surface area contributed by atoms with Gasteiger partial charge in [0, 0.05) is 12.5 Å². The van der Waals surface area contributed by atoms with E-state index in [0.29, 0.717) is 19.3 Å². The van der Waals surface area contributed by atoms with Gasteiger partial charge < -0.3 is 19.9 Å². The van der Waals surface area contributed by atoms with Crippen LogP contribution in [0.4, 0.5) is 0 Å². The maximum absolute atomic E-state index is 11.1. The van der Waals surface area contributed by atoms with Gasteiger partial charge in [0.15, 0.2) is 11.5 Å². The van der Waals surface area contributed by atoms with Crippen molar-refractivity contribution >= 4 is 21.9 Å². The Morgan fingerprint density at radius 1 is 1.53 bits per heavy atom. The van der Waals surface area contributed by atoms with Crippen LogP contribution in [0.5, 0.6) is 11.5 Å². The first-order valence-electron chi connectivity index (χ1n) is 6.00. The highest BCUT2D eigenvalue weighted by atomic mass is 79.9. The van der Waals surface area contributed by atoms with Crippen LogP contribution >= 0.6 is 15.9 Å². The summed E-state index contributed by atoms with van der Waals surface area (Å²) < 4.78 is 16.1. The molecule has 1 heterocycles. The van der Waals surface area contributed by atoms with Crippen molar-refractivity contribution in [3.8, 4) is 11.5 Å². The van der Waals surface area contributed by atoms with Crippen molar-refractivity contribution in [3.63, 3.8) is 0 Å². The summed E-state index contributed by atoms with van der Waals surface area (Å²) in [6.07, 6.45) is 1.61. The van der Waals surface area contributed by atoms with E-state index >= 15 is 0 Å². The molecule has 1 atom stereocenters. The van der Waals surface area contributed by atoms with E-state index in [0.717, 1.165) is 21.5 Å². The number of methoxy groups -OCH3 is 1. The van der Waals surface area contributed by atoms with Crippen LogP contribution in [-0.4, -0.2) is 25.9 Å². The zero-order valence-electron chi connectivity index (χ0n) is 10.6. The Labute approximate surface area is 120 Å². The van der Waals surface area contributed by atoms with E-state index in [1.165, 1.54) is 7.11 Å². The lowest BCUT2D eigenvalue weighted by molar-refractivity contribution is -0.140. The van der Waals surface area contributed by atoms with Crippen molar-refractivity contribution in [2.24, 2.45) is 5.73 Å². The molecule has 1 aliphatic heterocycles. The van der Waals surface area contributed by atoms with Crippen molar-refractivity contribution < 1.29 is 19.0 Å². The summed E-state index contributed by atoms with van der Waals surface area (Å²) in [5.74, 6) is 1.22. The molecule has 1 aliphatic rings. The van der Waals surface area contributed by atoms with Gasteiger partial charge in [-0.25, -0.2) is 0 Å². The lowest BCUT2D eigenvalue weighted by Gasteiger charge is -2.12. The van der Waals surface area contributed by atoms with Gasteiger partial charge in [0.2, 0.25) is 6.79 Å². The zero-order chi connectivity index (χ0) is 13.8. The highest BCUT2D eigenvalue weighted by Crippen LogP contribution is 2.40. The predicted octanol–water partition coefficient (Wildman–Crippen LogP) is 2.00. The minimum atomic E-state index is -0.234. The smallest absolute Gasteiger partial charge is 0.305 e. The molecular formula is C13H16BrNO4. The van der Waals surface area contributed by atoms with Crippen molar-refractivity contribution in [2.75, 3.05) is 13.9 Å². The molecule has 1 aromatic carbocycles. The molecule has 104 valence electrons. The first kappa shape index (κ1) is 14.1. The van der Waals surface area contributed by atoms with Crippen molar-refractivity contribution in [3.05, 3.63) is 22.2 Å². The Balaban J connectivity index is 1.96. The second-order valence-corrected chi connectivity index (χ2v) is 5.24. The third-order valence-electron chi connectivity index (χ3n) is 2.93.